The SMILES string of the molecule is C=C(c1ccccc1)N(Cc1ccccc1)C(=NCCCC)/C(C)=C\C. The number of nitrogens with zero attached hydrogens (tertiary/aromatic N) is 2. The molecule has 0 atom stereocenters. The standard InChI is InChI=1S/C24H30N2/c1-5-7-18-25-24(20(3)6-2)26(19-22-14-10-8-11-15-22)21(4)23-16-12-9-13-17-23/h6,8-17H,4-5,7,18-19H2,1-3H3/b20-6-,25-24?. The maximum Gasteiger partial charge on any atom is 0.130 e. The first-order valence-electron chi connectivity index (χ1n) is 9.40. The van der Waals surface area contributed by atoms with Gasteiger partial charge in [-0.2, -0.15) is 0 Å². The molecule has 0 saturated heterocycles. The van der Waals surface area contributed by atoms with E-state index in [2.05, 4.69) is 86.9 Å². The van der Waals surface area contributed by atoms with Gasteiger partial charge in [-0.15, -0.1) is 0 Å². The van der Waals surface area contributed by atoms with E-state index in [1.165, 1.54) is 11.1 Å². The zero-order chi connectivity index (χ0) is 18.8. The van der Waals surface area contributed by atoms with E-state index in [1.807, 2.05) is 12.1 Å². The molecule has 0 unspecified atom stereocenters. The molecule has 0 aliphatic rings. The molecule has 0 aliphatic heterocycles. The number of benzene rings is 2. The number of amidine groups is 1. The molecule has 26 heavy (non-hydrogen) atoms. The minimum absolute atomic E-state index is 0.755. The number of aliphatic imine (C=N–C) groups is 1. The monoisotopic (exact) mass is 346 g/mol. The maximum atomic E-state index is 4.94. The summed E-state index contributed by atoms with van der Waals surface area (Å²) in [6.07, 6.45) is 4.36. The quantitative estimate of drug-likeness (QED) is 0.310. The second-order valence-corrected chi connectivity index (χ2v) is 6.42. The van der Waals surface area contributed by atoms with Gasteiger partial charge >= 0.3 is 0 Å². The van der Waals surface area contributed by atoms with Gasteiger partial charge in [-0.25, -0.2) is 0 Å². The lowest BCUT2D eigenvalue weighted by molar-refractivity contribution is 0.573. The molecule has 0 aromatic heterocycles. The fraction of sp³-hybridized carbons (Fsp3) is 0.292. The minimum Gasteiger partial charge on any atom is -0.322 e. The zero-order valence-corrected chi connectivity index (χ0v) is 16.3. The fourth-order valence-electron chi connectivity index (χ4n) is 2.75. The molecule has 0 N–H and O–H groups in total. The average Bonchev–Trinajstić information content (AvgIpc) is 2.70. The van der Waals surface area contributed by atoms with Gasteiger partial charge in [0, 0.05) is 18.8 Å². The third-order valence-electron chi connectivity index (χ3n) is 4.43. The number of unbranched alkanes of at least 4 members (excludes halogenated alkanes) is 1. The molecule has 2 heteroatoms. The van der Waals surface area contributed by atoms with Crippen molar-refractivity contribution in [2.45, 2.75) is 40.2 Å². The molecule has 0 aliphatic carbocycles. The van der Waals surface area contributed by atoms with Crippen molar-refractivity contribution < 1.29 is 0 Å². The van der Waals surface area contributed by atoms with Gasteiger partial charge in [0.25, 0.3) is 0 Å². The molecule has 2 nitrogen and oxygen atoms in total. The van der Waals surface area contributed by atoms with E-state index in [0.717, 1.165) is 43.0 Å². The van der Waals surface area contributed by atoms with Crippen LogP contribution in [0.1, 0.15) is 44.7 Å². The van der Waals surface area contributed by atoms with Crippen LogP contribution < -0.4 is 0 Å². The third-order valence-corrected chi connectivity index (χ3v) is 4.43. The topological polar surface area (TPSA) is 15.6 Å². The van der Waals surface area contributed by atoms with Crippen LogP contribution in [0.4, 0.5) is 0 Å². The fourth-order valence-corrected chi connectivity index (χ4v) is 2.75. The highest BCUT2D eigenvalue weighted by molar-refractivity contribution is 6.02. The van der Waals surface area contributed by atoms with E-state index in [9.17, 15) is 0 Å². The number of hydrogen-bond donors (Lipinski definition) is 0. The molecule has 2 rings (SSSR count). The van der Waals surface area contributed by atoms with E-state index in [0.29, 0.717) is 0 Å². The lowest BCUT2D eigenvalue weighted by Gasteiger charge is -2.29. The summed E-state index contributed by atoms with van der Waals surface area (Å²) in [7, 11) is 0. The number of allylic oxidation sites excluding steroid dienone is 1. The Kier molecular flexibility index (Phi) is 7.88. The molecule has 0 spiro atoms. The van der Waals surface area contributed by atoms with Crippen LogP contribution in [0.2, 0.25) is 0 Å². The zero-order valence-electron chi connectivity index (χ0n) is 16.3. The molecular weight excluding hydrogens is 316 g/mol. The minimum atomic E-state index is 0.755. The van der Waals surface area contributed by atoms with Gasteiger partial charge < -0.3 is 4.90 Å². The van der Waals surface area contributed by atoms with Crippen LogP contribution in [-0.4, -0.2) is 17.3 Å². The molecule has 0 radical (unpaired) electrons. The number of hydrogen-bond acceptors (Lipinski definition) is 1. The van der Waals surface area contributed by atoms with Crippen LogP contribution in [0.3, 0.4) is 0 Å². The van der Waals surface area contributed by atoms with Gasteiger partial charge in [0.2, 0.25) is 0 Å². The van der Waals surface area contributed by atoms with E-state index in [1.54, 1.807) is 0 Å². The summed E-state index contributed by atoms with van der Waals surface area (Å²) in [4.78, 5) is 7.19. The highest BCUT2D eigenvalue weighted by Crippen LogP contribution is 2.23. The summed E-state index contributed by atoms with van der Waals surface area (Å²) in [6.45, 7) is 12.4. The summed E-state index contributed by atoms with van der Waals surface area (Å²) < 4.78 is 0. The van der Waals surface area contributed by atoms with Gasteiger partial charge in [-0.3, -0.25) is 4.99 Å². The first-order chi connectivity index (χ1) is 12.7. The van der Waals surface area contributed by atoms with Crippen molar-refractivity contribution in [1.29, 1.82) is 0 Å². The van der Waals surface area contributed by atoms with Crippen molar-refractivity contribution >= 4 is 11.5 Å². The van der Waals surface area contributed by atoms with Gasteiger partial charge in [0.05, 0.1) is 0 Å². The summed E-state index contributed by atoms with van der Waals surface area (Å²) in [5.74, 6) is 1.01. The molecule has 0 bridgehead atoms. The molecule has 2 aromatic carbocycles. The predicted molar refractivity (Wildman–Crippen MR) is 114 cm³/mol. The smallest absolute Gasteiger partial charge is 0.130 e. The van der Waals surface area contributed by atoms with Crippen LogP contribution in [0, 0.1) is 0 Å². The highest BCUT2D eigenvalue weighted by atomic mass is 15.2. The van der Waals surface area contributed by atoms with Crippen molar-refractivity contribution in [2.75, 3.05) is 6.54 Å². The second-order valence-electron chi connectivity index (χ2n) is 6.42. The van der Waals surface area contributed by atoms with Gasteiger partial charge in [-0.05, 0) is 37.0 Å². The van der Waals surface area contributed by atoms with E-state index in [-0.39, 0.29) is 0 Å². The lowest BCUT2D eigenvalue weighted by Crippen LogP contribution is -2.30. The van der Waals surface area contributed by atoms with Crippen molar-refractivity contribution in [3.8, 4) is 0 Å². The van der Waals surface area contributed by atoms with E-state index >= 15 is 0 Å². The third kappa shape index (κ3) is 5.45. The Morgan fingerprint density at radius 1 is 1.04 bits per heavy atom. The number of rotatable bonds is 8. The van der Waals surface area contributed by atoms with E-state index in [4.69, 9.17) is 4.99 Å². The molecular formula is C24H30N2. The lowest BCUT2D eigenvalue weighted by atomic mass is 10.1. The van der Waals surface area contributed by atoms with Crippen LogP contribution in [0.5, 0.6) is 0 Å². The first kappa shape index (κ1) is 19.7. The van der Waals surface area contributed by atoms with Crippen LogP contribution in [-0.2, 0) is 6.54 Å². The highest BCUT2D eigenvalue weighted by Gasteiger charge is 2.18. The molecule has 0 saturated carbocycles. The van der Waals surface area contributed by atoms with Gasteiger partial charge in [0.15, 0.2) is 0 Å². The molecule has 2 aromatic rings. The van der Waals surface area contributed by atoms with Crippen molar-refractivity contribution in [2.24, 2.45) is 4.99 Å². The Labute approximate surface area is 158 Å². The Morgan fingerprint density at radius 2 is 1.65 bits per heavy atom. The molecule has 0 amide bonds. The Bertz CT molecular complexity index is 742. The summed E-state index contributed by atoms with van der Waals surface area (Å²) in [5.41, 5.74) is 4.52. The molecule has 0 heterocycles. The summed E-state index contributed by atoms with van der Waals surface area (Å²) >= 11 is 0. The Morgan fingerprint density at radius 3 is 2.23 bits per heavy atom. The maximum absolute atomic E-state index is 4.94. The van der Waals surface area contributed by atoms with E-state index < -0.39 is 0 Å². The largest absolute Gasteiger partial charge is 0.322 e. The Hall–Kier alpha value is -2.61. The normalized spacial score (nSPS) is 12.1. The van der Waals surface area contributed by atoms with Crippen molar-refractivity contribution in [3.63, 3.8) is 0 Å². The Balaban J connectivity index is 2.42. The second kappa shape index (κ2) is 10.4. The van der Waals surface area contributed by atoms with Crippen molar-refractivity contribution in [3.05, 3.63) is 90.0 Å². The molecule has 136 valence electrons. The predicted octanol–water partition coefficient (Wildman–Crippen LogP) is 6.32. The average molecular weight is 347 g/mol. The van der Waals surface area contributed by atoms with Crippen LogP contribution >= 0.6 is 0 Å². The van der Waals surface area contributed by atoms with Crippen LogP contribution in [0.15, 0.2) is 83.9 Å². The summed E-state index contributed by atoms with van der Waals surface area (Å²) in [6, 6.07) is 20.9. The summed E-state index contributed by atoms with van der Waals surface area (Å²) in [5, 5.41) is 0. The first-order valence-corrected chi connectivity index (χ1v) is 9.40. The molecule has 0 fully saturated rings. The van der Waals surface area contributed by atoms with Gasteiger partial charge in [0.1, 0.15) is 5.84 Å². The van der Waals surface area contributed by atoms with Crippen LogP contribution in [0.25, 0.3) is 5.70 Å². The van der Waals surface area contributed by atoms with Crippen molar-refractivity contribution in [1.82, 2.24) is 4.90 Å². The van der Waals surface area contributed by atoms with Gasteiger partial charge in [-0.1, -0.05) is 86.7 Å².